The third kappa shape index (κ3) is 20.5. The second-order valence-corrected chi connectivity index (χ2v) is 32.4. The summed E-state index contributed by atoms with van der Waals surface area (Å²) in [4.78, 5) is 0. The molecule has 0 amide bonds. The van der Waals surface area contributed by atoms with Gasteiger partial charge in [-0.2, -0.15) is 0 Å². The van der Waals surface area contributed by atoms with E-state index >= 15 is 0 Å². The Morgan fingerprint density at radius 2 is 0.883 bits per heavy atom. The lowest BCUT2D eigenvalue weighted by atomic mass is 10.0. The van der Waals surface area contributed by atoms with Crippen molar-refractivity contribution < 1.29 is 22.8 Å². The molecule has 0 aromatic heterocycles. The van der Waals surface area contributed by atoms with Crippen LogP contribution in [0, 0.1) is 0 Å². The van der Waals surface area contributed by atoms with E-state index in [4.69, 9.17) is 22.8 Å². The van der Waals surface area contributed by atoms with Gasteiger partial charge in [0.15, 0.2) is 31.2 Å². The summed E-state index contributed by atoms with van der Waals surface area (Å²) in [5, 5.41) is 0. The van der Waals surface area contributed by atoms with Crippen molar-refractivity contribution in [2.75, 3.05) is 13.2 Å². The first-order valence-electron chi connectivity index (χ1n) is 25.8. The van der Waals surface area contributed by atoms with E-state index in [0.717, 1.165) is 0 Å². The molecule has 1 heterocycles. The molecule has 60 heavy (non-hydrogen) atoms. The molecule has 1 fully saturated rings. The smallest absolute Gasteiger partial charge is 0.193 e. The van der Waals surface area contributed by atoms with E-state index in [9.17, 15) is 0 Å². The van der Waals surface area contributed by atoms with Crippen molar-refractivity contribution in [3.05, 3.63) is 42.0 Å². The van der Waals surface area contributed by atoms with Gasteiger partial charge in [-0.3, -0.25) is 0 Å². The number of hydrogen-bond acceptors (Lipinski definition) is 5. The Morgan fingerprint density at radius 1 is 0.517 bits per heavy atom. The summed E-state index contributed by atoms with van der Waals surface area (Å²) >= 11 is 2.69. The van der Waals surface area contributed by atoms with E-state index < -0.39 is 31.2 Å². The van der Waals surface area contributed by atoms with Crippen molar-refractivity contribution in [3.63, 3.8) is 0 Å². The lowest BCUT2D eigenvalue weighted by Gasteiger charge is -2.51. The van der Waals surface area contributed by atoms with E-state index in [2.05, 4.69) is 127 Å². The lowest BCUT2D eigenvalue weighted by Crippen LogP contribution is -2.64. The van der Waals surface area contributed by atoms with E-state index in [1.165, 1.54) is 176 Å². The molecule has 0 radical (unpaired) electrons. The monoisotopic (exact) mass is 1000 g/mol. The molecule has 0 unspecified atom stereocenters. The zero-order valence-electron chi connectivity index (χ0n) is 40.9. The van der Waals surface area contributed by atoms with Gasteiger partial charge >= 0.3 is 0 Å². The minimum atomic E-state index is -2.18. The number of unbranched alkanes of at least 4 members (excludes halogenated alkanes) is 9. The first-order chi connectivity index (χ1) is 29.2. The van der Waals surface area contributed by atoms with Crippen LogP contribution in [0.4, 0.5) is 0 Å². The summed E-state index contributed by atoms with van der Waals surface area (Å²) < 4.78 is 38.2. The minimum Gasteiger partial charge on any atom is -0.414 e. The number of ether oxygens (including phenoxy) is 2. The van der Waals surface area contributed by atoms with Crippen molar-refractivity contribution in [3.8, 4) is 0 Å². The van der Waals surface area contributed by atoms with Crippen LogP contribution in [0.2, 0.25) is 54.4 Å². The van der Waals surface area contributed by atoms with Gasteiger partial charge in [0.1, 0.15) is 6.10 Å². The fourth-order valence-corrected chi connectivity index (χ4v) is 25.2. The molecule has 1 saturated heterocycles. The molecule has 5 atom stereocenters. The Balaban J connectivity index is 2.84. The van der Waals surface area contributed by atoms with Crippen LogP contribution >= 0.6 is 22.6 Å². The van der Waals surface area contributed by atoms with Crippen LogP contribution in [0.3, 0.4) is 0 Å². The predicted molar refractivity (Wildman–Crippen MR) is 278 cm³/mol. The summed E-state index contributed by atoms with van der Waals surface area (Å²) in [6.07, 6.45) is 25.7. The second kappa shape index (κ2) is 33.6. The molecule has 1 aromatic carbocycles. The summed E-state index contributed by atoms with van der Waals surface area (Å²) in [6, 6.07) is 21.8. The van der Waals surface area contributed by atoms with Crippen molar-refractivity contribution >= 4 is 53.6 Å². The molecule has 350 valence electrons. The highest BCUT2D eigenvalue weighted by atomic mass is 127. The molecule has 0 aliphatic carbocycles. The quantitative estimate of drug-likeness (QED) is 0.0375. The highest BCUT2D eigenvalue weighted by Gasteiger charge is 2.53. The number of benzene rings is 1. The van der Waals surface area contributed by atoms with Crippen LogP contribution in [-0.2, 0) is 22.8 Å². The first kappa shape index (κ1) is 56.3. The zero-order valence-corrected chi connectivity index (χ0v) is 46.0. The number of halogens is 1. The summed E-state index contributed by atoms with van der Waals surface area (Å²) in [7, 11) is -6.38. The molecule has 1 aliphatic rings. The van der Waals surface area contributed by atoms with Crippen molar-refractivity contribution in [2.45, 2.75) is 261 Å². The van der Waals surface area contributed by atoms with E-state index in [1.807, 2.05) is 0 Å². The Labute approximate surface area is 390 Å². The van der Waals surface area contributed by atoms with Crippen molar-refractivity contribution in [1.82, 2.24) is 0 Å². The lowest BCUT2D eigenvalue weighted by molar-refractivity contribution is -0.239. The summed E-state index contributed by atoms with van der Waals surface area (Å²) in [6.45, 7) is 22.3. The summed E-state index contributed by atoms with van der Waals surface area (Å²) in [5.74, 6) is 0. The third-order valence-corrected chi connectivity index (χ3v) is 28.2. The molecule has 1 aromatic rings. The van der Waals surface area contributed by atoms with Crippen molar-refractivity contribution in [2.24, 2.45) is 0 Å². The fraction of sp³-hybridized carbons (Fsp3) is 0.843. The number of rotatable bonds is 38. The van der Waals surface area contributed by atoms with E-state index in [1.54, 1.807) is 0 Å². The average Bonchev–Trinajstić information content (AvgIpc) is 3.27. The Hall–Kier alpha value is 0.141. The van der Waals surface area contributed by atoms with Gasteiger partial charge in [0.05, 0.1) is 29.3 Å². The third-order valence-electron chi connectivity index (χ3n) is 13.2. The van der Waals surface area contributed by atoms with Crippen LogP contribution in [0.1, 0.15) is 183 Å². The van der Waals surface area contributed by atoms with Gasteiger partial charge in [-0.15, -0.1) is 0 Å². The normalized spacial score (nSPS) is 20.4. The largest absolute Gasteiger partial charge is 0.414 e. The maximum atomic E-state index is 8.15. The zero-order chi connectivity index (χ0) is 44.0. The van der Waals surface area contributed by atoms with E-state index in [-0.39, 0.29) is 22.2 Å². The Kier molecular flexibility index (Phi) is 31.5. The SMILES string of the molecule is CCCC[Si](CCCC)(CCCC)OC[C@H]1O[C@@H](OC/C=C/c2ccccc2)[C@H](I)[C@@H](O[Si](CCCC)(CCCC)CCCC)[C@@H]1O[Si](CCCC)(CCCC)CCCC. The predicted octanol–water partition coefficient (Wildman–Crippen LogP) is 17.1. The van der Waals surface area contributed by atoms with Gasteiger partial charge in [-0.1, -0.05) is 243 Å². The molecule has 2 rings (SSSR count). The topological polar surface area (TPSA) is 46.2 Å². The molecule has 1 aliphatic heterocycles. The van der Waals surface area contributed by atoms with Crippen LogP contribution in [0.5, 0.6) is 0 Å². The van der Waals surface area contributed by atoms with Gasteiger partial charge in [0.2, 0.25) is 0 Å². The fourth-order valence-electron chi connectivity index (χ4n) is 9.33. The molecule has 0 spiro atoms. The number of alkyl halides is 1. The van der Waals surface area contributed by atoms with Gasteiger partial charge < -0.3 is 22.8 Å². The van der Waals surface area contributed by atoms with Gasteiger partial charge in [0.25, 0.3) is 0 Å². The number of hydrogen-bond donors (Lipinski definition) is 0. The Bertz CT molecular complexity index is 1130. The van der Waals surface area contributed by atoms with Crippen LogP contribution in [0.15, 0.2) is 36.4 Å². The maximum absolute atomic E-state index is 8.15. The average molecular weight is 1000 g/mol. The van der Waals surface area contributed by atoms with E-state index in [0.29, 0.717) is 13.2 Å². The summed E-state index contributed by atoms with van der Waals surface area (Å²) in [5.41, 5.74) is 1.19. The highest BCUT2D eigenvalue weighted by Crippen LogP contribution is 2.42. The first-order valence-corrected chi connectivity index (χ1v) is 34.6. The van der Waals surface area contributed by atoms with Crippen LogP contribution < -0.4 is 0 Å². The molecular weight excluding hydrogens is 904 g/mol. The molecule has 0 saturated carbocycles. The standard InChI is InChI=1S/C51H97IO5Si3/c1-10-19-36-58(37-20-11-2,38-21-12-3)54-45-47-49(56-59(39-22-13-4,40-23-14-5)41-24-15-6)50(57-60(42-25-16-7,43-26-17-8)44-27-18-9)48(52)51(55-47)53-35-31-34-46-32-29-28-30-33-46/h28-34,47-51H,10-27,35-45H2,1-9H3/b34-31+/t47-,48-,49-,50-,51-/m1/s1. The minimum absolute atomic E-state index is 0.0169. The Morgan fingerprint density at radius 3 is 1.27 bits per heavy atom. The molecule has 0 N–H and O–H groups in total. The molecule has 5 nitrogen and oxygen atoms in total. The highest BCUT2D eigenvalue weighted by molar-refractivity contribution is 14.1. The van der Waals surface area contributed by atoms with Crippen LogP contribution in [0.25, 0.3) is 6.08 Å². The second-order valence-electron chi connectivity index (χ2n) is 18.6. The maximum Gasteiger partial charge on any atom is 0.193 e. The van der Waals surface area contributed by atoms with Gasteiger partial charge in [-0.05, 0) is 60.0 Å². The van der Waals surface area contributed by atoms with Crippen LogP contribution in [-0.4, -0.2) is 66.7 Å². The van der Waals surface area contributed by atoms with Gasteiger partial charge in [0, 0.05) is 0 Å². The van der Waals surface area contributed by atoms with Crippen molar-refractivity contribution in [1.29, 1.82) is 0 Å². The molecule has 9 heteroatoms. The molecular formula is C51H97IO5Si3. The molecule has 0 bridgehead atoms. The van der Waals surface area contributed by atoms with Gasteiger partial charge in [-0.25, -0.2) is 0 Å².